The second kappa shape index (κ2) is 4.99. The van der Waals surface area contributed by atoms with Gasteiger partial charge in [0.05, 0.1) is 12.0 Å². The average Bonchev–Trinajstić information content (AvgIpc) is 3.11. The number of pyridine rings is 1. The number of carbonyl (C=O) groups is 1. The lowest BCUT2D eigenvalue weighted by atomic mass is 10.1. The fraction of sp³-hybridized carbons (Fsp3) is 0.462. The second-order valence-electron chi connectivity index (χ2n) is 5.19. The van der Waals surface area contributed by atoms with Crippen LogP contribution in [-0.4, -0.2) is 36.3 Å². The minimum atomic E-state index is -0.756. The molecule has 0 saturated heterocycles. The highest BCUT2D eigenvalue weighted by molar-refractivity contribution is 5.77. The number of hydrogen-bond donors (Lipinski definition) is 1. The molecule has 0 unspecified atom stereocenters. The van der Waals surface area contributed by atoms with Crippen molar-refractivity contribution in [3.05, 3.63) is 35.9 Å². The van der Waals surface area contributed by atoms with Crippen molar-refractivity contribution in [2.24, 2.45) is 5.41 Å². The summed E-state index contributed by atoms with van der Waals surface area (Å²) in [6.45, 7) is 0.362. The summed E-state index contributed by atoms with van der Waals surface area (Å²) in [5.41, 5.74) is 0.509. The molecule has 0 spiro atoms. The molecule has 2 aromatic rings. The fourth-order valence-electron chi connectivity index (χ4n) is 2.21. The highest BCUT2D eigenvalue weighted by Crippen LogP contribution is 2.47. The Hall–Kier alpha value is -2.31. The molecule has 2 aromatic heterocycles. The zero-order valence-corrected chi connectivity index (χ0v) is 10.9. The molecular weight excluding hydrogens is 258 g/mol. The maximum atomic E-state index is 11.2. The van der Waals surface area contributed by atoms with Crippen LogP contribution in [0.5, 0.6) is 0 Å². The van der Waals surface area contributed by atoms with E-state index in [1.54, 1.807) is 17.1 Å². The van der Waals surface area contributed by atoms with Crippen LogP contribution in [0.2, 0.25) is 0 Å². The van der Waals surface area contributed by atoms with Gasteiger partial charge in [0.1, 0.15) is 0 Å². The molecule has 20 heavy (non-hydrogen) atoms. The molecule has 2 heterocycles. The topological polar surface area (TPSA) is 93.8 Å². The van der Waals surface area contributed by atoms with Crippen molar-refractivity contribution >= 4 is 5.97 Å². The normalized spacial score (nSPS) is 16.0. The van der Waals surface area contributed by atoms with Crippen molar-refractivity contribution in [2.45, 2.75) is 32.2 Å². The van der Waals surface area contributed by atoms with Gasteiger partial charge in [-0.15, -0.1) is 5.10 Å². The number of nitrogens with zero attached hydrogens (tertiary/aromatic N) is 5. The Bertz CT molecular complexity index is 606. The molecule has 0 atom stereocenters. The van der Waals surface area contributed by atoms with E-state index < -0.39 is 11.4 Å². The largest absolute Gasteiger partial charge is 0.481 e. The third-order valence-corrected chi connectivity index (χ3v) is 3.75. The predicted molar refractivity (Wildman–Crippen MR) is 68.8 cm³/mol. The van der Waals surface area contributed by atoms with E-state index in [0.29, 0.717) is 25.8 Å². The first-order chi connectivity index (χ1) is 9.70. The van der Waals surface area contributed by atoms with Gasteiger partial charge in [0.15, 0.2) is 5.82 Å². The Balaban J connectivity index is 1.67. The molecule has 3 rings (SSSR count). The molecule has 104 valence electrons. The Morgan fingerprint density at radius 1 is 1.30 bits per heavy atom. The van der Waals surface area contributed by atoms with Gasteiger partial charge in [0.25, 0.3) is 0 Å². The summed E-state index contributed by atoms with van der Waals surface area (Å²) in [6.07, 6.45) is 6.40. The minimum absolute atomic E-state index is 0.362. The highest BCUT2D eigenvalue weighted by atomic mass is 16.4. The Morgan fingerprint density at radius 2 is 2.05 bits per heavy atom. The first-order valence-electron chi connectivity index (χ1n) is 6.57. The van der Waals surface area contributed by atoms with E-state index in [4.69, 9.17) is 0 Å². The van der Waals surface area contributed by atoms with Gasteiger partial charge in [0, 0.05) is 18.8 Å². The van der Waals surface area contributed by atoms with Crippen LogP contribution in [0.25, 0.3) is 0 Å². The molecule has 1 saturated carbocycles. The smallest absolute Gasteiger partial charge is 0.311 e. The van der Waals surface area contributed by atoms with Crippen molar-refractivity contribution in [2.75, 3.05) is 0 Å². The van der Waals surface area contributed by atoms with Gasteiger partial charge in [-0.1, -0.05) is 0 Å². The maximum absolute atomic E-state index is 11.2. The molecule has 1 fully saturated rings. The molecule has 0 bridgehead atoms. The van der Waals surface area contributed by atoms with Crippen molar-refractivity contribution in [3.63, 3.8) is 0 Å². The quantitative estimate of drug-likeness (QED) is 0.833. The molecule has 0 amide bonds. The van der Waals surface area contributed by atoms with Gasteiger partial charge in [-0.2, -0.15) is 0 Å². The van der Waals surface area contributed by atoms with Crippen LogP contribution in [0, 0.1) is 5.41 Å². The summed E-state index contributed by atoms with van der Waals surface area (Å²) < 4.78 is 1.63. The summed E-state index contributed by atoms with van der Waals surface area (Å²) in [4.78, 5) is 15.2. The molecule has 1 aliphatic rings. The summed E-state index contributed by atoms with van der Waals surface area (Å²) in [5, 5.41) is 20.8. The molecule has 0 aromatic carbocycles. The molecule has 0 aliphatic heterocycles. The molecule has 0 radical (unpaired) electrons. The third kappa shape index (κ3) is 2.52. The molecule has 1 N–H and O–H groups in total. The molecule has 7 heteroatoms. The maximum Gasteiger partial charge on any atom is 0.311 e. The van der Waals surface area contributed by atoms with E-state index in [0.717, 1.165) is 17.8 Å². The number of hydrogen-bond acceptors (Lipinski definition) is 5. The van der Waals surface area contributed by atoms with Crippen LogP contribution in [0.4, 0.5) is 0 Å². The molecular formula is C13H15N5O2. The van der Waals surface area contributed by atoms with Gasteiger partial charge in [-0.3, -0.25) is 9.78 Å². The SMILES string of the molecule is O=C(O)C1(Cn2nnnc2CCc2ccncc2)CC1. The first kappa shape index (κ1) is 12.7. The van der Waals surface area contributed by atoms with Crippen LogP contribution in [0.1, 0.15) is 24.2 Å². The minimum Gasteiger partial charge on any atom is -0.481 e. The van der Waals surface area contributed by atoms with Crippen molar-refractivity contribution in [3.8, 4) is 0 Å². The third-order valence-electron chi connectivity index (χ3n) is 3.75. The van der Waals surface area contributed by atoms with E-state index in [1.807, 2.05) is 12.1 Å². The van der Waals surface area contributed by atoms with Gasteiger partial charge >= 0.3 is 5.97 Å². The van der Waals surface area contributed by atoms with Crippen molar-refractivity contribution in [1.82, 2.24) is 25.2 Å². The van der Waals surface area contributed by atoms with E-state index in [1.165, 1.54) is 0 Å². The molecule has 1 aliphatic carbocycles. The lowest BCUT2D eigenvalue weighted by Crippen LogP contribution is -2.23. The van der Waals surface area contributed by atoms with Gasteiger partial charge in [-0.05, 0) is 47.4 Å². The number of aliphatic carboxylic acids is 1. The van der Waals surface area contributed by atoms with E-state index in [-0.39, 0.29) is 0 Å². The lowest BCUT2D eigenvalue weighted by Gasteiger charge is -2.10. The lowest BCUT2D eigenvalue weighted by molar-refractivity contribution is -0.144. The average molecular weight is 273 g/mol. The van der Waals surface area contributed by atoms with Gasteiger partial charge < -0.3 is 5.11 Å². The van der Waals surface area contributed by atoms with Crippen LogP contribution in [0.3, 0.4) is 0 Å². The first-order valence-corrected chi connectivity index (χ1v) is 6.57. The number of carboxylic acid groups (broad SMARTS) is 1. The Kier molecular flexibility index (Phi) is 3.17. The summed E-state index contributed by atoms with van der Waals surface area (Å²) in [7, 11) is 0. The number of tetrazole rings is 1. The zero-order chi connectivity index (χ0) is 14.0. The number of rotatable bonds is 6. The second-order valence-corrected chi connectivity index (χ2v) is 5.19. The number of aromatic nitrogens is 5. The van der Waals surface area contributed by atoms with Crippen LogP contribution in [-0.2, 0) is 24.2 Å². The summed E-state index contributed by atoms with van der Waals surface area (Å²) in [5.74, 6) is -0.0255. The number of carboxylic acids is 1. The van der Waals surface area contributed by atoms with Crippen molar-refractivity contribution in [1.29, 1.82) is 0 Å². The zero-order valence-electron chi connectivity index (χ0n) is 10.9. The summed E-state index contributed by atoms with van der Waals surface area (Å²) in [6, 6.07) is 3.90. The fourth-order valence-corrected chi connectivity index (χ4v) is 2.21. The van der Waals surface area contributed by atoms with E-state index in [2.05, 4.69) is 20.5 Å². The Morgan fingerprint density at radius 3 is 2.70 bits per heavy atom. The van der Waals surface area contributed by atoms with Crippen LogP contribution in [0.15, 0.2) is 24.5 Å². The predicted octanol–water partition coefficient (Wildman–Crippen LogP) is 0.718. The monoisotopic (exact) mass is 273 g/mol. The summed E-state index contributed by atoms with van der Waals surface area (Å²) >= 11 is 0. The van der Waals surface area contributed by atoms with Crippen LogP contribution >= 0.6 is 0 Å². The van der Waals surface area contributed by atoms with Gasteiger partial charge in [-0.25, -0.2) is 4.68 Å². The number of aryl methyl sites for hydroxylation is 2. The van der Waals surface area contributed by atoms with E-state index >= 15 is 0 Å². The highest BCUT2D eigenvalue weighted by Gasteiger charge is 2.51. The van der Waals surface area contributed by atoms with Gasteiger partial charge in [0.2, 0.25) is 0 Å². The van der Waals surface area contributed by atoms with E-state index in [9.17, 15) is 9.90 Å². The van der Waals surface area contributed by atoms with Crippen LogP contribution < -0.4 is 0 Å². The Labute approximate surface area is 115 Å². The van der Waals surface area contributed by atoms with Crippen molar-refractivity contribution < 1.29 is 9.90 Å². The standard InChI is InChI=1S/C13H15N5O2/c19-12(20)13(5-6-13)9-18-11(15-16-17-18)2-1-10-3-7-14-8-4-10/h3-4,7-8H,1-2,5-6,9H2,(H,19,20). The molecule has 7 nitrogen and oxygen atoms in total.